The van der Waals surface area contributed by atoms with Crippen molar-refractivity contribution in [1.82, 2.24) is 15.5 Å². The van der Waals surface area contributed by atoms with Gasteiger partial charge in [0, 0.05) is 45.6 Å². The topological polar surface area (TPSA) is 80.5 Å². The predicted octanol–water partition coefficient (Wildman–Crippen LogP) is 1.57. The second-order valence-electron chi connectivity index (χ2n) is 4.97. The van der Waals surface area contributed by atoms with Gasteiger partial charge < -0.3 is 19.5 Å². The smallest absolute Gasteiger partial charge is 0.316 e. The molecule has 0 radical (unpaired) electrons. The number of carbonyl (C=O) groups excluding carboxylic acids is 1. The minimum atomic E-state index is -0.375. The first-order valence-corrected chi connectivity index (χ1v) is 7.00. The Morgan fingerprint density at radius 2 is 2.05 bits per heavy atom. The van der Waals surface area contributed by atoms with Crippen LogP contribution in [-0.4, -0.2) is 50.4 Å². The van der Waals surface area contributed by atoms with E-state index >= 15 is 0 Å². The SMILES string of the molecule is COCCCNC(=O)c1nc(-c2ccc(N(C)C)cc2)no1. The van der Waals surface area contributed by atoms with E-state index in [-0.39, 0.29) is 11.8 Å². The quantitative estimate of drug-likeness (QED) is 0.782. The highest BCUT2D eigenvalue weighted by atomic mass is 16.5. The van der Waals surface area contributed by atoms with Crippen molar-refractivity contribution >= 4 is 11.6 Å². The molecule has 7 nitrogen and oxygen atoms in total. The van der Waals surface area contributed by atoms with Crippen LogP contribution in [0, 0.1) is 0 Å². The molecule has 0 aliphatic carbocycles. The van der Waals surface area contributed by atoms with Gasteiger partial charge in [-0.2, -0.15) is 4.98 Å². The van der Waals surface area contributed by atoms with Crippen molar-refractivity contribution in [2.45, 2.75) is 6.42 Å². The molecule has 1 heterocycles. The summed E-state index contributed by atoms with van der Waals surface area (Å²) in [6.07, 6.45) is 0.731. The van der Waals surface area contributed by atoms with Gasteiger partial charge in [0.1, 0.15) is 0 Å². The summed E-state index contributed by atoms with van der Waals surface area (Å²) in [6.45, 7) is 1.09. The zero-order chi connectivity index (χ0) is 15.9. The van der Waals surface area contributed by atoms with Crippen molar-refractivity contribution < 1.29 is 14.1 Å². The highest BCUT2D eigenvalue weighted by molar-refractivity contribution is 5.89. The molecule has 0 aliphatic heterocycles. The number of aromatic nitrogens is 2. The minimum Gasteiger partial charge on any atom is -0.385 e. The maximum atomic E-state index is 11.8. The van der Waals surface area contributed by atoms with E-state index < -0.39 is 0 Å². The number of rotatable bonds is 7. The molecular weight excluding hydrogens is 284 g/mol. The van der Waals surface area contributed by atoms with E-state index in [0.29, 0.717) is 19.0 Å². The number of carbonyl (C=O) groups is 1. The summed E-state index contributed by atoms with van der Waals surface area (Å²) in [5.41, 5.74) is 1.87. The number of hydrogen-bond donors (Lipinski definition) is 1. The first kappa shape index (κ1) is 16.0. The molecule has 0 bridgehead atoms. The Labute approximate surface area is 129 Å². The van der Waals surface area contributed by atoms with Gasteiger partial charge in [0.05, 0.1) is 0 Å². The zero-order valence-corrected chi connectivity index (χ0v) is 13.0. The number of nitrogens with zero attached hydrogens (tertiary/aromatic N) is 3. The van der Waals surface area contributed by atoms with Crippen molar-refractivity contribution in [2.24, 2.45) is 0 Å². The molecular formula is C15H20N4O3. The highest BCUT2D eigenvalue weighted by Crippen LogP contribution is 2.19. The van der Waals surface area contributed by atoms with E-state index in [9.17, 15) is 4.79 Å². The summed E-state index contributed by atoms with van der Waals surface area (Å²) >= 11 is 0. The van der Waals surface area contributed by atoms with Crippen LogP contribution in [0.5, 0.6) is 0 Å². The Balaban J connectivity index is 1.99. The summed E-state index contributed by atoms with van der Waals surface area (Å²) in [7, 11) is 5.55. The van der Waals surface area contributed by atoms with Crippen LogP contribution in [-0.2, 0) is 4.74 Å². The molecule has 0 aliphatic rings. The van der Waals surface area contributed by atoms with E-state index in [4.69, 9.17) is 9.26 Å². The van der Waals surface area contributed by atoms with Crippen LogP contribution in [0.3, 0.4) is 0 Å². The van der Waals surface area contributed by atoms with Crippen LogP contribution in [0.25, 0.3) is 11.4 Å². The fourth-order valence-corrected chi connectivity index (χ4v) is 1.84. The number of ether oxygens (including phenoxy) is 1. The van der Waals surface area contributed by atoms with Crippen molar-refractivity contribution in [1.29, 1.82) is 0 Å². The van der Waals surface area contributed by atoms with Gasteiger partial charge >= 0.3 is 11.8 Å². The molecule has 7 heteroatoms. The summed E-state index contributed by atoms with van der Waals surface area (Å²) in [6, 6.07) is 7.69. The van der Waals surface area contributed by atoms with Crippen LogP contribution < -0.4 is 10.2 Å². The third kappa shape index (κ3) is 4.05. The van der Waals surface area contributed by atoms with E-state index in [1.165, 1.54) is 0 Å². The third-order valence-electron chi connectivity index (χ3n) is 3.07. The molecule has 1 aromatic carbocycles. The second-order valence-corrected chi connectivity index (χ2v) is 4.97. The van der Waals surface area contributed by atoms with Crippen LogP contribution in [0.2, 0.25) is 0 Å². The van der Waals surface area contributed by atoms with Gasteiger partial charge in [0.25, 0.3) is 0 Å². The van der Waals surface area contributed by atoms with E-state index in [0.717, 1.165) is 17.7 Å². The lowest BCUT2D eigenvalue weighted by Gasteiger charge is -2.11. The molecule has 118 valence electrons. The molecule has 0 atom stereocenters. The minimum absolute atomic E-state index is 0.0379. The third-order valence-corrected chi connectivity index (χ3v) is 3.07. The van der Waals surface area contributed by atoms with Crippen molar-refractivity contribution in [3.63, 3.8) is 0 Å². The molecule has 0 unspecified atom stereocenters. The molecule has 1 N–H and O–H groups in total. The summed E-state index contributed by atoms with van der Waals surface area (Å²) < 4.78 is 9.91. The molecule has 0 spiro atoms. The van der Waals surface area contributed by atoms with Crippen LogP contribution in [0.15, 0.2) is 28.8 Å². The average molecular weight is 304 g/mol. The summed E-state index contributed by atoms with van der Waals surface area (Å²) in [4.78, 5) is 18.0. The number of amides is 1. The number of benzene rings is 1. The van der Waals surface area contributed by atoms with Crippen LogP contribution in [0.1, 0.15) is 17.1 Å². The number of nitrogens with one attached hydrogen (secondary N) is 1. The standard InChI is InChI=1S/C15H20N4O3/c1-19(2)12-7-5-11(6-8-12)13-17-15(22-18-13)14(20)16-9-4-10-21-3/h5-8H,4,9-10H2,1-3H3,(H,16,20). The van der Waals surface area contributed by atoms with E-state index in [2.05, 4.69) is 15.5 Å². The molecule has 2 aromatic rings. The van der Waals surface area contributed by atoms with Gasteiger partial charge in [0.2, 0.25) is 5.82 Å². The molecule has 0 fully saturated rings. The van der Waals surface area contributed by atoms with E-state index in [1.807, 2.05) is 43.3 Å². The Bertz CT molecular complexity index is 608. The predicted molar refractivity (Wildman–Crippen MR) is 82.9 cm³/mol. The molecule has 1 amide bonds. The van der Waals surface area contributed by atoms with Crippen LogP contribution in [0.4, 0.5) is 5.69 Å². The Hall–Kier alpha value is -2.41. The highest BCUT2D eigenvalue weighted by Gasteiger charge is 2.15. The Morgan fingerprint density at radius 1 is 1.32 bits per heavy atom. The largest absolute Gasteiger partial charge is 0.385 e. The fraction of sp³-hybridized carbons (Fsp3) is 0.400. The molecule has 22 heavy (non-hydrogen) atoms. The van der Waals surface area contributed by atoms with Gasteiger partial charge in [-0.1, -0.05) is 5.16 Å². The Morgan fingerprint density at radius 3 is 2.68 bits per heavy atom. The maximum absolute atomic E-state index is 11.8. The lowest BCUT2D eigenvalue weighted by molar-refractivity contribution is 0.0905. The van der Waals surface area contributed by atoms with Crippen molar-refractivity contribution in [2.75, 3.05) is 39.3 Å². The summed E-state index contributed by atoms with van der Waals surface area (Å²) in [5, 5.41) is 6.54. The normalized spacial score (nSPS) is 10.5. The van der Waals surface area contributed by atoms with Gasteiger partial charge in [0.15, 0.2) is 0 Å². The maximum Gasteiger partial charge on any atom is 0.316 e. The lowest BCUT2D eigenvalue weighted by atomic mass is 10.2. The Kier molecular flexibility index (Phi) is 5.48. The number of anilines is 1. The van der Waals surface area contributed by atoms with Gasteiger partial charge in [-0.3, -0.25) is 4.79 Å². The lowest BCUT2D eigenvalue weighted by Crippen LogP contribution is -2.25. The van der Waals surface area contributed by atoms with Gasteiger partial charge in [-0.05, 0) is 30.7 Å². The monoisotopic (exact) mass is 304 g/mol. The van der Waals surface area contributed by atoms with Crippen LogP contribution >= 0.6 is 0 Å². The zero-order valence-electron chi connectivity index (χ0n) is 13.0. The first-order valence-electron chi connectivity index (χ1n) is 7.00. The number of hydrogen-bond acceptors (Lipinski definition) is 6. The fourth-order valence-electron chi connectivity index (χ4n) is 1.84. The van der Waals surface area contributed by atoms with Crippen molar-refractivity contribution in [3.05, 3.63) is 30.2 Å². The van der Waals surface area contributed by atoms with Gasteiger partial charge in [-0.25, -0.2) is 0 Å². The molecule has 0 saturated carbocycles. The first-order chi connectivity index (χ1) is 10.6. The summed E-state index contributed by atoms with van der Waals surface area (Å²) in [5.74, 6) is -0.0174. The van der Waals surface area contributed by atoms with Crippen molar-refractivity contribution in [3.8, 4) is 11.4 Å². The second kappa shape index (κ2) is 7.56. The number of methoxy groups -OCH3 is 1. The molecule has 1 aromatic heterocycles. The van der Waals surface area contributed by atoms with Gasteiger partial charge in [-0.15, -0.1) is 0 Å². The molecule has 2 rings (SSSR count). The van der Waals surface area contributed by atoms with E-state index in [1.54, 1.807) is 7.11 Å². The molecule has 0 saturated heterocycles. The average Bonchev–Trinajstić information content (AvgIpc) is 3.01.